The van der Waals surface area contributed by atoms with E-state index in [0.717, 1.165) is 12.1 Å². The topological polar surface area (TPSA) is 25.8 Å². The predicted octanol–water partition coefficient (Wildman–Crippen LogP) is 2.34. The van der Waals surface area contributed by atoms with Gasteiger partial charge < -0.3 is 0 Å². The summed E-state index contributed by atoms with van der Waals surface area (Å²) in [6.45, 7) is 6.55. The molecule has 2 nitrogen and oxygen atoms in total. The number of allylic oxidation sites excluding steroid dienone is 1. The van der Waals surface area contributed by atoms with Crippen LogP contribution in [0.15, 0.2) is 12.4 Å². The Morgan fingerprint density at radius 3 is 2.69 bits per heavy atom. The van der Waals surface area contributed by atoms with Crippen LogP contribution in [0.5, 0.6) is 0 Å². The molecule has 1 heterocycles. The highest BCUT2D eigenvalue weighted by atomic mass is 14.9. The number of hydrogen-bond acceptors (Lipinski definition) is 2. The Balaban J connectivity index is 2.59. The minimum atomic E-state index is 0.113. The van der Waals surface area contributed by atoms with Crippen molar-refractivity contribution in [2.75, 3.05) is 0 Å². The molecule has 0 aromatic carbocycles. The van der Waals surface area contributed by atoms with Crippen molar-refractivity contribution in [3.05, 3.63) is 29.4 Å². The van der Waals surface area contributed by atoms with E-state index in [1.807, 2.05) is 0 Å². The summed E-state index contributed by atoms with van der Waals surface area (Å²) in [5.41, 5.74) is 3.67. The first-order valence-corrected chi connectivity index (χ1v) is 4.60. The van der Waals surface area contributed by atoms with E-state index < -0.39 is 0 Å². The van der Waals surface area contributed by atoms with E-state index in [9.17, 15) is 0 Å². The molecule has 13 heavy (non-hydrogen) atoms. The van der Waals surface area contributed by atoms with Gasteiger partial charge >= 0.3 is 0 Å². The van der Waals surface area contributed by atoms with Crippen LogP contribution in [-0.2, 0) is 11.8 Å². The standard InChI is InChI=1S/C11H14N2/c1-11(2,3)10-8-5-4-6-9(8)12-7-13-10/h4-5,7H,6H2,1-3H3. The van der Waals surface area contributed by atoms with Gasteiger partial charge in [0, 0.05) is 17.4 Å². The lowest BCUT2D eigenvalue weighted by Gasteiger charge is -2.19. The predicted molar refractivity (Wildman–Crippen MR) is 53.5 cm³/mol. The van der Waals surface area contributed by atoms with E-state index in [1.165, 1.54) is 11.3 Å². The second kappa shape index (κ2) is 2.66. The molecule has 0 saturated carbocycles. The second-order valence-electron chi connectivity index (χ2n) is 4.44. The van der Waals surface area contributed by atoms with Crippen LogP contribution in [0, 0.1) is 0 Å². The smallest absolute Gasteiger partial charge is 0.116 e. The first-order chi connectivity index (χ1) is 6.09. The van der Waals surface area contributed by atoms with Crippen molar-refractivity contribution >= 4 is 6.08 Å². The lowest BCUT2D eigenvalue weighted by Crippen LogP contribution is -2.16. The third-order valence-corrected chi connectivity index (χ3v) is 2.27. The molecule has 1 aliphatic carbocycles. The van der Waals surface area contributed by atoms with E-state index in [2.05, 4.69) is 42.9 Å². The quantitative estimate of drug-likeness (QED) is 0.603. The fourth-order valence-corrected chi connectivity index (χ4v) is 1.66. The summed E-state index contributed by atoms with van der Waals surface area (Å²) < 4.78 is 0. The Morgan fingerprint density at radius 2 is 2.00 bits per heavy atom. The molecule has 2 rings (SSSR count). The lowest BCUT2D eigenvalue weighted by atomic mass is 9.88. The molecule has 1 aromatic heterocycles. The minimum absolute atomic E-state index is 0.113. The monoisotopic (exact) mass is 174 g/mol. The van der Waals surface area contributed by atoms with Gasteiger partial charge in [0.2, 0.25) is 0 Å². The first kappa shape index (κ1) is 8.42. The van der Waals surface area contributed by atoms with Crippen LogP contribution in [0.4, 0.5) is 0 Å². The van der Waals surface area contributed by atoms with Gasteiger partial charge in [0.1, 0.15) is 6.33 Å². The molecular formula is C11H14N2. The highest BCUT2D eigenvalue weighted by molar-refractivity contribution is 5.60. The SMILES string of the molecule is CC(C)(C)c1ncnc2c1C=CC2. The third kappa shape index (κ3) is 1.37. The van der Waals surface area contributed by atoms with Gasteiger partial charge in [-0.1, -0.05) is 32.9 Å². The Kier molecular flexibility index (Phi) is 1.72. The van der Waals surface area contributed by atoms with Gasteiger partial charge in [-0.05, 0) is 0 Å². The molecule has 0 saturated heterocycles. The molecule has 68 valence electrons. The zero-order valence-electron chi connectivity index (χ0n) is 8.33. The van der Waals surface area contributed by atoms with Crippen molar-refractivity contribution in [1.82, 2.24) is 9.97 Å². The van der Waals surface area contributed by atoms with Gasteiger partial charge in [0.15, 0.2) is 0 Å². The van der Waals surface area contributed by atoms with Crippen molar-refractivity contribution in [3.8, 4) is 0 Å². The zero-order valence-corrected chi connectivity index (χ0v) is 8.33. The number of rotatable bonds is 0. The Bertz CT molecular complexity index is 359. The maximum atomic E-state index is 4.36. The summed E-state index contributed by atoms with van der Waals surface area (Å²) in [4.78, 5) is 8.62. The summed E-state index contributed by atoms with van der Waals surface area (Å²) in [6, 6.07) is 0. The van der Waals surface area contributed by atoms with Crippen LogP contribution >= 0.6 is 0 Å². The van der Waals surface area contributed by atoms with E-state index in [1.54, 1.807) is 6.33 Å². The van der Waals surface area contributed by atoms with Gasteiger partial charge in [-0.3, -0.25) is 0 Å². The molecule has 0 unspecified atom stereocenters. The average molecular weight is 174 g/mol. The van der Waals surface area contributed by atoms with Crippen LogP contribution in [-0.4, -0.2) is 9.97 Å². The first-order valence-electron chi connectivity index (χ1n) is 4.60. The summed E-state index contributed by atoms with van der Waals surface area (Å²) in [5, 5.41) is 0. The molecule has 0 spiro atoms. The molecular weight excluding hydrogens is 160 g/mol. The van der Waals surface area contributed by atoms with E-state index in [4.69, 9.17) is 0 Å². The Morgan fingerprint density at radius 1 is 1.23 bits per heavy atom. The van der Waals surface area contributed by atoms with Crippen LogP contribution in [0.3, 0.4) is 0 Å². The average Bonchev–Trinajstić information content (AvgIpc) is 2.48. The van der Waals surface area contributed by atoms with Crippen molar-refractivity contribution in [2.45, 2.75) is 32.6 Å². The van der Waals surface area contributed by atoms with E-state index in [-0.39, 0.29) is 5.41 Å². The van der Waals surface area contributed by atoms with Gasteiger partial charge in [0.25, 0.3) is 0 Å². The summed E-state index contributed by atoms with van der Waals surface area (Å²) >= 11 is 0. The van der Waals surface area contributed by atoms with Crippen LogP contribution in [0.25, 0.3) is 6.08 Å². The van der Waals surface area contributed by atoms with Crippen LogP contribution in [0.2, 0.25) is 0 Å². The molecule has 0 fully saturated rings. The zero-order chi connectivity index (χ0) is 9.47. The van der Waals surface area contributed by atoms with Gasteiger partial charge in [0.05, 0.1) is 11.4 Å². The summed E-state index contributed by atoms with van der Waals surface area (Å²) in [6.07, 6.45) is 6.91. The summed E-state index contributed by atoms with van der Waals surface area (Å²) in [7, 11) is 0. The van der Waals surface area contributed by atoms with Crippen LogP contribution < -0.4 is 0 Å². The molecule has 0 N–H and O–H groups in total. The number of nitrogens with zero attached hydrogens (tertiary/aromatic N) is 2. The largest absolute Gasteiger partial charge is 0.240 e. The van der Waals surface area contributed by atoms with Crippen molar-refractivity contribution in [1.29, 1.82) is 0 Å². The Hall–Kier alpha value is -1.18. The van der Waals surface area contributed by atoms with Crippen molar-refractivity contribution < 1.29 is 0 Å². The van der Waals surface area contributed by atoms with E-state index >= 15 is 0 Å². The molecule has 1 aromatic rings. The molecule has 1 aliphatic rings. The van der Waals surface area contributed by atoms with Crippen molar-refractivity contribution in [2.24, 2.45) is 0 Å². The molecule has 0 aliphatic heterocycles. The van der Waals surface area contributed by atoms with Gasteiger partial charge in [-0.15, -0.1) is 0 Å². The lowest BCUT2D eigenvalue weighted by molar-refractivity contribution is 0.564. The fraction of sp³-hybridized carbons (Fsp3) is 0.455. The van der Waals surface area contributed by atoms with Gasteiger partial charge in [-0.2, -0.15) is 0 Å². The molecule has 0 atom stereocenters. The maximum absolute atomic E-state index is 4.36. The molecule has 0 amide bonds. The highest BCUT2D eigenvalue weighted by Crippen LogP contribution is 2.28. The number of fused-ring (bicyclic) bond motifs is 1. The third-order valence-electron chi connectivity index (χ3n) is 2.27. The highest BCUT2D eigenvalue weighted by Gasteiger charge is 2.22. The molecule has 0 radical (unpaired) electrons. The summed E-state index contributed by atoms with van der Waals surface area (Å²) in [5.74, 6) is 0. The van der Waals surface area contributed by atoms with Crippen molar-refractivity contribution in [3.63, 3.8) is 0 Å². The second-order valence-corrected chi connectivity index (χ2v) is 4.44. The minimum Gasteiger partial charge on any atom is -0.240 e. The molecule has 2 heteroatoms. The number of aromatic nitrogens is 2. The molecule has 0 bridgehead atoms. The Labute approximate surface area is 78.7 Å². The van der Waals surface area contributed by atoms with E-state index in [0.29, 0.717) is 0 Å². The normalized spacial score (nSPS) is 14.7. The van der Waals surface area contributed by atoms with Crippen LogP contribution in [0.1, 0.15) is 37.7 Å². The maximum Gasteiger partial charge on any atom is 0.116 e. The fourth-order valence-electron chi connectivity index (χ4n) is 1.66. The number of hydrogen-bond donors (Lipinski definition) is 0. The van der Waals surface area contributed by atoms with Gasteiger partial charge in [-0.25, -0.2) is 9.97 Å².